The first-order valence-electron chi connectivity index (χ1n) is 20.6. The molecule has 0 spiro atoms. The van der Waals surface area contributed by atoms with Crippen molar-refractivity contribution in [1.29, 1.82) is 10.5 Å². The molecule has 0 saturated heterocycles. The fourth-order valence-electron chi connectivity index (χ4n) is 10.1. The van der Waals surface area contributed by atoms with Gasteiger partial charge in [0.05, 0.1) is 62.1 Å². The molecule has 9 aromatic carbocycles. The molecule has 0 fully saturated rings. The van der Waals surface area contributed by atoms with Crippen LogP contribution in [-0.4, -0.2) is 13.7 Å². The lowest BCUT2D eigenvalue weighted by atomic mass is 9.96. The van der Waals surface area contributed by atoms with Crippen molar-refractivity contribution in [3.05, 3.63) is 199 Å². The smallest absolute Gasteiger partial charge is 0.0998 e. The predicted molar refractivity (Wildman–Crippen MR) is 257 cm³/mol. The van der Waals surface area contributed by atoms with Gasteiger partial charge in [0.1, 0.15) is 0 Å². The van der Waals surface area contributed by atoms with Gasteiger partial charge in [0.15, 0.2) is 0 Å². The van der Waals surface area contributed by atoms with Gasteiger partial charge in [0.25, 0.3) is 0 Å². The minimum absolute atomic E-state index is 0.503. The number of benzene rings is 9. The van der Waals surface area contributed by atoms with Crippen molar-refractivity contribution in [2.24, 2.45) is 0 Å². The van der Waals surface area contributed by atoms with Crippen molar-refractivity contribution in [3.63, 3.8) is 0 Å². The molecule has 4 aromatic heterocycles. The molecule has 0 bridgehead atoms. The molecule has 0 atom stereocenters. The number of hydrogen-bond acceptors (Lipinski definition) is 3. The third-order valence-corrected chi connectivity index (χ3v) is 13.8. The van der Waals surface area contributed by atoms with Crippen LogP contribution in [0.15, 0.2) is 188 Å². The average molecular weight is 806 g/mol. The number of rotatable bonds is 4. The first kappa shape index (κ1) is 34.4. The van der Waals surface area contributed by atoms with Gasteiger partial charge in [-0.15, -0.1) is 11.3 Å². The number of fused-ring (bicyclic) bond motifs is 13. The summed E-state index contributed by atoms with van der Waals surface area (Å²) in [6.07, 6.45) is 0. The van der Waals surface area contributed by atoms with Gasteiger partial charge in [-0.2, -0.15) is 10.5 Å². The summed E-state index contributed by atoms with van der Waals surface area (Å²) in [5.74, 6) is 0. The lowest BCUT2D eigenvalue weighted by molar-refractivity contribution is 1.13. The van der Waals surface area contributed by atoms with Crippen molar-refractivity contribution in [3.8, 4) is 40.3 Å². The molecule has 13 rings (SSSR count). The Bertz CT molecular complexity index is 4130. The zero-order valence-corrected chi connectivity index (χ0v) is 33.9. The topological polar surface area (TPSA) is 62.4 Å². The van der Waals surface area contributed by atoms with Crippen molar-refractivity contribution in [2.45, 2.75) is 0 Å². The molecule has 0 N–H and O–H groups in total. The summed E-state index contributed by atoms with van der Waals surface area (Å²) in [6.45, 7) is 0. The average Bonchev–Trinajstić information content (AvgIpc) is 4.06. The standard InChI is InChI=1S/C56H31N5S/c57-32-34-22-23-35(33-58)44(28-34)40-25-24-37(29-51(40)61-48-19-9-5-15-39(48)45-30-46-41-16-7-11-21-53(41)62-54(46)31-52(45)61)59-49-20-10-6-17-43(49)55-50(59)27-26-42-38-14-4-8-18-47(38)60(56(42)55)36-12-2-1-3-13-36/h1-31H. The summed E-state index contributed by atoms with van der Waals surface area (Å²) in [5.41, 5.74) is 12.3. The summed E-state index contributed by atoms with van der Waals surface area (Å²) >= 11 is 1.81. The summed E-state index contributed by atoms with van der Waals surface area (Å²) in [6, 6.07) is 71.2. The molecule has 13 aromatic rings. The number of para-hydroxylation sites is 4. The van der Waals surface area contributed by atoms with Gasteiger partial charge >= 0.3 is 0 Å². The van der Waals surface area contributed by atoms with E-state index in [2.05, 4.69) is 196 Å². The molecule has 0 amide bonds. The van der Waals surface area contributed by atoms with Gasteiger partial charge in [-0.05, 0) is 84.9 Å². The molecule has 6 heteroatoms. The zero-order valence-electron chi connectivity index (χ0n) is 33.0. The number of nitriles is 2. The van der Waals surface area contributed by atoms with Crippen molar-refractivity contribution >= 4 is 96.9 Å². The van der Waals surface area contributed by atoms with E-state index in [1.54, 1.807) is 12.1 Å². The highest BCUT2D eigenvalue weighted by atomic mass is 32.1. The molecule has 0 unspecified atom stereocenters. The van der Waals surface area contributed by atoms with Crippen LogP contribution in [0.5, 0.6) is 0 Å². The van der Waals surface area contributed by atoms with E-state index in [9.17, 15) is 10.5 Å². The molecule has 0 aliphatic carbocycles. The Kier molecular flexibility index (Phi) is 7.24. The van der Waals surface area contributed by atoms with E-state index in [0.29, 0.717) is 11.1 Å². The van der Waals surface area contributed by atoms with Crippen LogP contribution in [0.4, 0.5) is 0 Å². The van der Waals surface area contributed by atoms with Crippen LogP contribution in [0, 0.1) is 22.7 Å². The maximum Gasteiger partial charge on any atom is 0.0998 e. The van der Waals surface area contributed by atoms with Crippen LogP contribution in [0.1, 0.15) is 11.1 Å². The van der Waals surface area contributed by atoms with E-state index in [4.69, 9.17) is 0 Å². The lowest BCUT2D eigenvalue weighted by Crippen LogP contribution is -2.02. The van der Waals surface area contributed by atoms with Gasteiger partial charge in [0.2, 0.25) is 0 Å². The van der Waals surface area contributed by atoms with Gasteiger partial charge in [-0.25, -0.2) is 0 Å². The molecule has 286 valence electrons. The van der Waals surface area contributed by atoms with Gasteiger partial charge in [-0.1, -0.05) is 103 Å². The summed E-state index contributed by atoms with van der Waals surface area (Å²) in [7, 11) is 0. The van der Waals surface area contributed by atoms with E-state index in [-0.39, 0.29) is 0 Å². The Morgan fingerprint density at radius 2 is 1.05 bits per heavy atom. The van der Waals surface area contributed by atoms with Crippen LogP contribution < -0.4 is 0 Å². The molecular weight excluding hydrogens is 775 g/mol. The van der Waals surface area contributed by atoms with E-state index in [1.165, 1.54) is 41.8 Å². The highest BCUT2D eigenvalue weighted by Crippen LogP contribution is 2.45. The maximum absolute atomic E-state index is 10.5. The van der Waals surface area contributed by atoms with E-state index >= 15 is 0 Å². The number of hydrogen-bond donors (Lipinski definition) is 0. The Labute approximate surface area is 359 Å². The second-order valence-corrected chi connectivity index (χ2v) is 17.0. The molecule has 0 radical (unpaired) electrons. The fourth-order valence-corrected chi connectivity index (χ4v) is 11.2. The molecule has 4 heterocycles. The number of aromatic nitrogens is 3. The molecular formula is C56H31N5S. The van der Waals surface area contributed by atoms with Crippen LogP contribution in [0.25, 0.3) is 114 Å². The Hall–Kier alpha value is -8.42. The third-order valence-electron chi connectivity index (χ3n) is 12.7. The maximum atomic E-state index is 10.5. The Morgan fingerprint density at radius 3 is 1.82 bits per heavy atom. The summed E-state index contributed by atoms with van der Waals surface area (Å²) in [4.78, 5) is 0. The zero-order chi connectivity index (χ0) is 41.1. The van der Waals surface area contributed by atoms with Crippen LogP contribution in [0.3, 0.4) is 0 Å². The van der Waals surface area contributed by atoms with E-state index in [0.717, 1.165) is 71.9 Å². The minimum atomic E-state index is 0.503. The fraction of sp³-hybridized carbons (Fsp3) is 0. The van der Waals surface area contributed by atoms with Crippen LogP contribution >= 0.6 is 11.3 Å². The molecule has 0 aliphatic rings. The largest absolute Gasteiger partial charge is 0.309 e. The van der Waals surface area contributed by atoms with Crippen molar-refractivity contribution < 1.29 is 0 Å². The third kappa shape index (κ3) is 4.76. The molecule has 5 nitrogen and oxygen atoms in total. The SMILES string of the molecule is N#Cc1ccc(C#N)c(-c2ccc(-n3c4ccccc4c4c3ccc3c5ccccc5n(-c5ccccc5)c34)cc2-n2c3ccccc3c3cc4c(cc32)sc2ccccc24)c1. The normalized spacial score (nSPS) is 11.8. The Balaban J connectivity index is 1.17. The summed E-state index contributed by atoms with van der Waals surface area (Å²) < 4.78 is 9.64. The van der Waals surface area contributed by atoms with E-state index in [1.807, 2.05) is 17.4 Å². The molecule has 0 saturated carbocycles. The first-order valence-corrected chi connectivity index (χ1v) is 21.4. The van der Waals surface area contributed by atoms with Crippen molar-refractivity contribution in [1.82, 2.24) is 13.7 Å². The second-order valence-electron chi connectivity index (χ2n) is 15.9. The first-order chi connectivity index (χ1) is 30.7. The van der Waals surface area contributed by atoms with Crippen LogP contribution in [-0.2, 0) is 0 Å². The second kappa shape index (κ2) is 13.0. The molecule has 62 heavy (non-hydrogen) atoms. The predicted octanol–water partition coefficient (Wildman–Crippen LogP) is 14.8. The highest BCUT2D eigenvalue weighted by molar-refractivity contribution is 7.25. The monoisotopic (exact) mass is 805 g/mol. The lowest BCUT2D eigenvalue weighted by Gasteiger charge is -2.18. The quantitative estimate of drug-likeness (QED) is 0.178. The van der Waals surface area contributed by atoms with Gasteiger partial charge in [0, 0.05) is 75.0 Å². The van der Waals surface area contributed by atoms with Crippen molar-refractivity contribution in [2.75, 3.05) is 0 Å². The van der Waals surface area contributed by atoms with Gasteiger partial charge < -0.3 is 13.7 Å². The Morgan fingerprint density at radius 1 is 0.371 bits per heavy atom. The van der Waals surface area contributed by atoms with Gasteiger partial charge in [-0.3, -0.25) is 0 Å². The van der Waals surface area contributed by atoms with E-state index < -0.39 is 0 Å². The highest BCUT2D eigenvalue weighted by Gasteiger charge is 2.24. The minimum Gasteiger partial charge on any atom is -0.309 e. The number of thiophene rings is 1. The van der Waals surface area contributed by atoms with Crippen LogP contribution in [0.2, 0.25) is 0 Å². The number of nitrogens with zero attached hydrogens (tertiary/aromatic N) is 5. The molecule has 0 aliphatic heterocycles. The summed E-state index contributed by atoms with van der Waals surface area (Å²) in [5, 5.41) is 30.2.